The highest BCUT2D eigenvalue weighted by Gasteiger charge is 2.41. The Morgan fingerprint density at radius 1 is 0.929 bits per heavy atom. The molecule has 0 amide bonds. The van der Waals surface area contributed by atoms with Gasteiger partial charge in [-0.2, -0.15) is 0 Å². The maximum atomic E-state index is 13.1. The van der Waals surface area contributed by atoms with Crippen LogP contribution in [0.2, 0.25) is 0 Å². The van der Waals surface area contributed by atoms with Crippen LogP contribution in [0.15, 0.2) is 23.3 Å². The maximum Gasteiger partial charge on any atom is 0.195 e. The van der Waals surface area contributed by atoms with E-state index in [9.17, 15) is 22.0 Å². The third-order valence-electron chi connectivity index (χ3n) is 2.18. The fourth-order valence-electron chi connectivity index (χ4n) is 1.39. The van der Waals surface area contributed by atoms with Crippen LogP contribution in [0.1, 0.15) is 13.8 Å². The lowest BCUT2D eigenvalue weighted by molar-refractivity contribution is 0.168. The molecule has 0 heterocycles. The van der Waals surface area contributed by atoms with Crippen molar-refractivity contribution >= 4 is 0 Å². The first-order valence-corrected chi connectivity index (χ1v) is 4.12. The third-order valence-corrected chi connectivity index (χ3v) is 2.18. The fraction of sp³-hybridized carbons (Fsp3) is 0.556. The summed E-state index contributed by atoms with van der Waals surface area (Å²) in [5.74, 6) is -9.61. The quantitative estimate of drug-likeness (QED) is 0.578. The van der Waals surface area contributed by atoms with E-state index in [1.54, 1.807) is 0 Å². The van der Waals surface area contributed by atoms with E-state index in [-0.39, 0.29) is 0 Å². The predicted molar refractivity (Wildman–Crippen MR) is 41.7 cm³/mol. The van der Waals surface area contributed by atoms with Crippen LogP contribution in [0.25, 0.3) is 0 Å². The zero-order valence-electron chi connectivity index (χ0n) is 7.62. The van der Waals surface area contributed by atoms with Gasteiger partial charge in [0, 0.05) is 0 Å². The molecule has 0 saturated heterocycles. The van der Waals surface area contributed by atoms with Gasteiger partial charge in [0.2, 0.25) is 0 Å². The minimum atomic E-state index is -2.44. The first-order chi connectivity index (χ1) is 6.37. The van der Waals surface area contributed by atoms with E-state index in [1.165, 1.54) is 13.8 Å². The molecule has 0 nitrogen and oxygen atoms in total. The van der Waals surface area contributed by atoms with Crippen LogP contribution in [0.4, 0.5) is 22.0 Å². The first-order valence-electron chi connectivity index (χ1n) is 4.12. The number of alkyl halides is 1. The van der Waals surface area contributed by atoms with Gasteiger partial charge in [0.05, 0.1) is 5.92 Å². The van der Waals surface area contributed by atoms with E-state index in [0.717, 1.165) is 0 Å². The van der Waals surface area contributed by atoms with Crippen molar-refractivity contribution in [3.63, 3.8) is 0 Å². The second-order valence-electron chi connectivity index (χ2n) is 3.50. The lowest BCUT2D eigenvalue weighted by Crippen LogP contribution is -2.27. The van der Waals surface area contributed by atoms with E-state index in [4.69, 9.17) is 0 Å². The lowest BCUT2D eigenvalue weighted by atomic mass is 9.86. The van der Waals surface area contributed by atoms with Crippen LogP contribution >= 0.6 is 0 Å². The molecule has 0 aromatic carbocycles. The molecule has 5 heteroatoms. The van der Waals surface area contributed by atoms with Gasteiger partial charge < -0.3 is 0 Å². The summed E-state index contributed by atoms with van der Waals surface area (Å²) < 4.78 is 63.9. The molecule has 0 saturated carbocycles. The largest absolute Gasteiger partial charge is 0.239 e. The summed E-state index contributed by atoms with van der Waals surface area (Å²) in [4.78, 5) is 0. The molecule has 1 rings (SSSR count). The SMILES string of the molecule is CC(C)C1C(F)=C(F)C(F)=C(F)C1F. The van der Waals surface area contributed by atoms with Gasteiger partial charge in [-0.25, -0.2) is 22.0 Å². The fourth-order valence-corrected chi connectivity index (χ4v) is 1.39. The Labute approximate surface area is 78.1 Å². The van der Waals surface area contributed by atoms with Crippen molar-refractivity contribution in [2.45, 2.75) is 20.0 Å². The number of allylic oxidation sites excluding steroid dienone is 4. The zero-order chi connectivity index (χ0) is 11.0. The Hall–Kier alpha value is -0.870. The first kappa shape index (κ1) is 11.2. The van der Waals surface area contributed by atoms with Crippen molar-refractivity contribution in [3.8, 4) is 0 Å². The third kappa shape index (κ3) is 1.55. The van der Waals surface area contributed by atoms with E-state index in [1.807, 2.05) is 0 Å². The number of rotatable bonds is 1. The molecule has 0 radical (unpaired) electrons. The van der Waals surface area contributed by atoms with Crippen LogP contribution in [0, 0.1) is 11.8 Å². The zero-order valence-corrected chi connectivity index (χ0v) is 7.62. The molecule has 0 N–H and O–H groups in total. The van der Waals surface area contributed by atoms with Crippen LogP contribution < -0.4 is 0 Å². The average Bonchev–Trinajstić information content (AvgIpc) is 2.11. The van der Waals surface area contributed by atoms with Crippen molar-refractivity contribution in [2.24, 2.45) is 11.8 Å². The van der Waals surface area contributed by atoms with Crippen LogP contribution in [0.5, 0.6) is 0 Å². The van der Waals surface area contributed by atoms with Gasteiger partial charge in [-0.15, -0.1) is 0 Å². The second kappa shape index (κ2) is 3.71. The van der Waals surface area contributed by atoms with Crippen LogP contribution in [-0.4, -0.2) is 6.17 Å². The number of hydrogen-bond acceptors (Lipinski definition) is 0. The Bertz CT molecular complexity index is 302. The van der Waals surface area contributed by atoms with Gasteiger partial charge in [0.25, 0.3) is 0 Å². The van der Waals surface area contributed by atoms with Crippen molar-refractivity contribution in [3.05, 3.63) is 23.3 Å². The van der Waals surface area contributed by atoms with Gasteiger partial charge in [-0.05, 0) is 5.92 Å². The summed E-state index contributed by atoms with van der Waals surface area (Å²) in [5, 5.41) is 0. The lowest BCUT2D eigenvalue weighted by Gasteiger charge is -2.25. The topological polar surface area (TPSA) is 0 Å². The number of halogens is 5. The van der Waals surface area contributed by atoms with Crippen molar-refractivity contribution < 1.29 is 22.0 Å². The molecule has 0 aliphatic heterocycles. The van der Waals surface area contributed by atoms with Gasteiger partial charge in [0.1, 0.15) is 5.83 Å². The van der Waals surface area contributed by atoms with Crippen LogP contribution in [-0.2, 0) is 0 Å². The summed E-state index contributed by atoms with van der Waals surface area (Å²) in [6.07, 6.45) is -2.44. The highest BCUT2D eigenvalue weighted by Crippen LogP contribution is 2.42. The van der Waals surface area contributed by atoms with Gasteiger partial charge in [-0.3, -0.25) is 0 Å². The molecule has 2 atom stereocenters. The summed E-state index contributed by atoms with van der Waals surface area (Å²) >= 11 is 0. The van der Waals surface area contributed by atoms with E-state index >= 15 is 0 Å². The molecule has 1 aliphatic rings. The van der Waals surface area contributed by atoms with Crippen molar-refractivity contribution in [1.82, 2.24) is 0 Å². The monoisotopic (exact) mass is 212 g/mol. The smallest absolute Gasteiger partial charge is 0.195 e. The minimum Gasteiger partial charge on any atom is -0.239 e. The average molecular weight is 212 g/mol. The van der Waals surface area contributed by atoms with E-state index < -0.39 is 41.3 Å². The Balaban J connectivity index is 3.19. The standard InChI is InChI=1S/C9H9F5/c1-3(2)4-5(10)7(12)9(14)8(13)6(4)11/h3-5H,1-2H3. The predicted octanol–water partition coefficient (Wildman–Crippen LogP) is 3.91. The normalized spacial score (nSPS) is 29.1. The highest BCUT2D eigenvalue weighted by molar-refractivity contribution is 5.33. The Morgan fingerprint density at radius 3 is 1.79 bits per heavy atom. The number of hydrogen-bond donors (Lipinski definition) is 0. The van der Waals surface area contributed by atoms with E-state index in [0.29, 0.717) is 0 Å². The van der Waals surface area contributed by atoms with Gasteiger partial charge in [0.15, 0.2) is 23.7 Å². The molecule has 1 aliphatic carbocycles. The maximum absolute atomic E-state index is 13.1. The summed E-state index contributed by atoms with van der Waals surface area (Å²) in [7, 11) is 0. The molecule has 0 fully saturated rings. The molecule has 0 aromatic rings. The van der Waals surface area contributed by atoms with Gasteiger partial charge >= 0.3 is 0 Å². The van der Waals surface area contributed by atoms with Crippen LogP contribution in [0.3, 0.4) is 0 Å². The van der Waals surface area contributed by atoms with Gasteiger partial charge in [-0.1, -0.05) is 13.8 Å². The molecular formula is C9H9F5. The summed E-state index contributed by atoms with van der Waals surface area (Å²) in [5.41, 5.74) is 0. The minimum absolute atomic E-state index is 0.644. The van der Waals surface area contributed by atoms with Crippen molar-refractivity contribution in [2.75, 3.05) is 0 Å². The molecule has 2 unspecified atom stereocenters. The molecule has 0 bridgehead atoms. The Kier molecular flexibility index (Phi) is 2.97. The second-order valence-corrected chi connectivity index (χ2v) is 3.50. The Morgan fingerprint density at radius 2 is 1.36 bits per heavy atom. The highest BCUT2D eigenvalue weighted by atomic mass is 19.2. The molecule has 14 heavy (non-hydrogen) atoms. The molecule has 0 aromatic heterocycles. The molecule has 80 valence electrons. The van der Waals surface area contributed by atoms with Crippen molar-refractivity contribution in [1.29, 1.82) is 0 Å². The summed E-state index contributed by atoms with van der Waals surface area (Å²) in [6.45, 7) is 2.81. The molecular weight excluding hydrogens is 203 g/mol. The van der Waals surface area contributed by atoms with E-state index in [2.05, 4.69) is 0 Å². The molecule has 0 spiro atoms. The summed E-state index contributed by atoms with van der Waals surface area (Å²) in [6, 6.07) is 0.